The quantitative estimate of drug-likeness (QED) is 0.434. The van der Waals surface area contributed by atoms with Crippen LogP contribution in [-0.4, -0.2) is 25.5 Å². The fourth-order valence-corrected chi connectivity index (χ4v) is 2.51. The van der Waals surface area contributed by atoms with Gasteiger partial charge in [-0.05, 0) is 37.0 Å². The summed E-state index contributed by atoms with van der Waals surface area (Å²) < 4.78 is 16.5. The molecule has 130 valence electrons. The Kier molecular flexibility index (Phi) is 6.77. The third-order valence-electron chi connectivity index (χ3n) is 4.22. The molecule has 24 heavy (non-hydrogen) atoms. The van der Waals surface area contributed by atoms with Crippen molar-refractivity contribution in [1.82, 2.24) is 0 Å². The van der Waals surface area contributed by atoms with Crippen molar-refractivity contribution in [3.8, 4) is 11.8 Å². The number of carbonyl (C=O) groups is 1. The summed E-state index contributed by atoms with van der Waals surface area (Å²) in [5.74, 6) is -0.196. The maximum Gasteiger partial charge on any atom is 0.336 e. The zero-order chi connectivity index (χ0) is 17.4. The summed E-state index contributed by atoms with van der Waals surface area (Å²) in [4.78, 5) is 12.4. The highest BCUT2D eigenvalue weighted by atomic mass is 16.7. The van der Waals surface area contributed by atoms with E-state index in [4.69, 9.17) is 14.2 Å². The lowest BCUT2D eigenvalue weighted by atomic mass is 9.91. The van der Waals surface area contributed by atoms with E-state index in [-0.39, 0.29) is 19.5 Å². The second-order valence-corrected chi connectivity index (χ2v) is 6.13. The summed E-state index contributed by atoms with van der Waals surface area (Å²) in [6, 6.07) is 9.30. The minimum absolute atomic E-state index is 0.00612. The van der Waals surface area contributed by atoms with E-state index in [1.807, 2.05) is 18.2 Å². The lowest BCUT2D eigenvalue weighted by Gasteiger charge is -2.33. The smallest absolute Gasteiger partial charge is 0.336 e. The van der Waals surface area contributed by atoms with Crippen LogP contribution in [0.1, 0.15) is 45.1 Å². The molecule has 0 aliphatic carbocycles. The molecule has 1 heterocycles. The fraction of sp³-hybridized carbons (Fsp3) is 0.579. The Morgan fingerprint density at radius 2 is 1.92 bits per heavy atom. The van der Waals surface area contributed by atoms with Gasteiger partial charge in [-0.1, -0.05) is 38.8 Å². The van der Waals surface area contributed by atoms with Crippen LogP contribution in [-0.2, 0) is 20.7 Å². The van der Waals surface area contributed by atoms with Gasteiger partial charge in [-0.2, -0.15) is 5.26 Å². The van der Waals surface area contributed by atoms with Crippen molar-refractivity contribution >= 4 is 5.97 Å². The molecule has 0 unspecified atom stereocenters. The second-order valence-electron chi connectivity index (χ2n) is 6.13. The Morgan fingerprint density at radius 1 is 1.25 bits per heavy atom. The molecule has 1 aromatic carbocycles. The van der Waals surface area contributed by atoms with Gasteiger partial charge in [0.2, 0.25) is 5.41 Å². The molecule has 0 atom stereocenters. The van der Waals surface area contributed by atoms with E-state index in [9.17, 15) is 10.1 Å². The first-order valence-electron chi connectivity index (χ1n) is 8.59. The zero-order valence-electron chi connectivity index (χ0n) is 14.4. The minimum Gasteiger partial charge on any atom is -0.425 e. The maximum absolute atomic E-state index is 12.4. The number of unbranched alkanes of at least 4 members (excludes halogenated alkanes) is 2. The zero-order valence-corrected chi connectivity index (χ0v) is 14.4. The van der Waals surface area contributed by atoms with Crippen molar-refractivity contribution in [3.05, 3.63) is 29.8 Å². The normalized spacial score (nSPS) is 23.5. The van der Waals surface area contributed by atoms with Crippen LogP contribution in [0.3, 0.4) is 0 Å². The van der Waals surface area contributed by atoms with E-state index in [1.165, 1.54) is 0 Å². The van der Waals surface area contributed by atoms with Gasteiger partial charge >= 0.3 is 5.97 Å². The van der Waals surface area contributed by atoms with Gasteiger partial charge < -0.3 is 14.2 Å². The molecule has 0 spiro atoms. The molecule has 2 rings (SSSR count). The number of aryl methyl sites for hydroxylation is 1. The monoisotopic (exact) mass is 331 g/mol. The first kappa shape index (κ1) is 18.4. The predicted octanol–water partition coefficient (Wildman–Crippen LogP) is 3.62. The van der Waals surface area contributed by atoms with Gasteiger partial charge in [0.25, 0.3) is 0 Å². The van der Waals surface area contributed by atoms with Crippen LogP contribution in [0.25, 0.3) is 0 Å². The van der Waals surface area contributed by atoms with Gasteiger partial charge in [-0.25, -0.2) is 4.79 Å². The van der Waals surface area contributed by atoms with E-state index in [2.05, 4.69) is 13.8 Å². The van der Waals surface area contributed by atoms with Gasteiger partial charge in [0.05, 0.1) is 19.3 Å². The Balaban J connectivity index is 1.92. The lowest BCUT2D eigenvalue weighted by Crippen LogP contribution is -2.48. The number of carbonyl (C=O) groups excluding carboxylic acids is 1. The summed E-state index contributed by atoms with van der Waals surface area (Å²) in [5, 5.41) is 9.46. The molecule has 1 saturated heterocycles. The lowest BCUT2D eigenvalue weighted by molar-refractivity contribution is -0.223. The number of rotatable bonds is 7. The van der Waals surface area contributed by atoms with E-state index in [0.717, 1.165) is 37.7 Å². The molecule has 0 aromatic heterocycles. The molecule has 1 fully saturated rings. The first-order valence-corrected chi connectivity index (χ1v) is 8.59. The highest BCUT2D eigenvalue weighted by Crippen LogP contribution is 2.28. The summed E-state index contributed by atoms with van der Waals surface area (Å²) >= 11 is 0. The minimum atomic E-state index is -1.40. The number of hydrogen-bond acceptors (Lipinski definition) is 5. The summed E-state index contributed by atoms with van der Waals surface area (Å²) in [6.07, 6.45) is 4.60. The summed E-state index contributed by atoms with van der Waals surface area (Å²) in [7, 11) is 0. The molecule has 1 aliphatic heterocycles. The molecular formula is C19H25NO4. The molecular weight excluding hydrogens is 306 g/mol. The second kappa shape index (κ2) is 8.81. The van der Waals surface area contributed by atoms with E-state index >= 15 is 0 Å². The Labute approximate surface area is 143 Å². The highest BCUT2D eigenvalue weighted by Gasteiger charge is 2.46. The van der Waals surface area contributed by atoms with Crippen LogP contribution in [0.5, 0.6) is 5.75 Å². The Bertz CT molecular complexity index is 568. The third kappa shape index (κ3) is 4.56. The van der Waals surface area contributed by atoms with Crippen molar-refractivity contribution in [2.75, 3.05) is 13.2 Å². The number of ether oxygens (including phenoxy) is 3. The molecule has 0 bridgehead atoms. The molecule has 0 amide bonds. The Hall–Kier alpha value is -1.90. The SMILES string of the molecule is CCCCC[C@H]1OC[C@@](C#N)(C(=O)Oc2ccc(CC)cc2)CO1. The number of nitriles is 1. The van der Waals surface area contributed by atoms with Crippen molar-refractivity contribution in [2.24, 2.45) is 5.41 Å². The highest BCUT2D eigenvalue weighted by molar-refractivity contribution is 5.82. The van der Waals surface area contributed by atoms with Crippen molar-refractivity contribution in [3.63, 3.8) is 0 Å². The standard InChI is InChI=1S/C19H25NO4/c1-3-5-6-7-17-22-13-19(12-20,14-23-17)18(21)24-16-10-8-15(4-2)9-11-16/h8-11,17H,3-7,13-14H2,1-2H3/t17-,19+. The van der Waals surface area contributed by atoms with Gasteiger partial charge in [-0.15, -0.1) is 0 Å². The number of benzene rings is 1. The number of nitrogens with zero attached hydrogens (tertiary/aromatic N) is 1. The average Bonchev–Trinajstić information content (AvgIpc) is 2.63. The molecule has 0 saturated carbocycles. The maximum atomic E-state index is 12.4. The average molecular weight is 331 g/mol. The van der Waals surface area contributed by atoms with Gasteiger partial charge in [0.1, 0.15) is 5.75 Å². The predicted molar refractivity (Wildman–Crippen MR) is 89.3 cm³/mol. The third-order valence-corrected chi connectivity index (χ3v) is 4.22. The Morgan fingerprint density at radius 3 is 2.46 bits per heavy atom. The van der Waals surface area contributed by atoms with Crippen molar-refractivity contribution < 1.29 is 19.0 Å². The van der Waals surface area contributed by atoms with E-state index in [1.54, 1.807) is 12.1 Å². The molecule has 0 radical (unpaired) electrons. The van der Waals surface area contributed by atoms with Gasteiger partial charge in [-0.3, -0.25) is 0 Å². The molecule has 1 aliphatic rings. The first-order chi connectivity index (χ1) is 11.6. The summed E-state index contributed by atoms with van der Waals surface area (Å²) in [5.41, 5.74) is -0.242. The molecule has 5 heteroatoms. The van der Waals surface area contributed by atoms with Crippen LogP contribution in [0, 0.1) is 16.7 Å². The summed E-state index contributed by atoms with van der Waals surface area (Å²) in [6.45, 7) is 4.20. The molecule has 0 N–H and O–H groups in total. The van der Waals surface area contributed by atoms with Crippen LogP contribution >= 0.6 is 0 Å². The van der Waals surface area contributed by atoms with Crippen LogP contribution in [0.4, 0.5) is 0 Å². The van der Waals surface area contributed by atoms with Crippen molar-refractivity contribution in [1.29, 1.82) is 5.26 Å². The number of esters is 1. The van der Waals surface area contributed by atoms with Gasteiger partial charge in [0, 0.05) is 0 Å². The number of hydrogen-bond donors (Lipinski definition) is 0. The van der Waals surface area contributed by atoms with Crippen LogP contribution < -0.4 is 4.74 Å². The van der Waals surface area contributed by atoms with Gasteiger partial charge in [0.15, 0.2) is 6.29 Å². The molecule has 1 aromatic rings. The topological polar surface area (TPSA) is 68.5 Å². The van der Waals surface area contributed by atoms with E-state index in [0.29, 0.717) is 5.75 Å². The fourth-order valence-electron chi connectivity index (χ4n) is 2.51. The van der Waals surface area contributed by atoms with Crippen molar-refractivity contribution in [2.45, 2.75) is 52.2 Å². The van der Waals surface area contributed by atoms with Crippen LogP contribution in [0.15, 0.2) is 24.3 Å². The largest absolute Gasteiger partial charge is 0.425 e. The van der Waals surface area contributed by atoms with E-state index < -0.39 is 11.4 Å². The molecule has 5 nitrogen and oxygen atoms in total. The van der Waals surface area contributed by atoms with Crippen LogP contribution in [0.2, 0.25) is 0 Å².